The Balaban J connectivity index is 2.92. The van der Waals surface area contributed by atoms with Crippen LogP contribution in [0.15, 0.2) is 12.1 Å². The number of pyridine rings is 1. The second kappa shape index (κ2) is 3.25. The Morgan fingerprint density at radius 1 is 0.923 bits per heavy atom. The molecule has 0 N–H and O–H groups in total. The molecule has 0 aromatic carbocycles. The van der Waals surface area contributed by atoms with Crippen LogP contribution in [0.4, 0.5) is 0 Å². The summed E-state index contributed by atoms with van der Waals surface area (Å²) in [5.41, 5.74) is 0.467. The zero-order chi connectivity index (χ0) is 9.42. The lowest BCUT2D eigenvalue weighted by molar-refractivity contribution is 1.04. The molecule has 0 fully saturated rings. The molecule has 13 heavy (non-hydrogen) atoms. The first kappa shape index (κ1) is 8.94. The second-order valence-corrected chi connectivity index (χ2v) is 3.42. The molecule has 0 aliphatic carbocycles. The first-order valence-corrected chi connectivity index (χ1v) is 4.46. The Morgan fingerprint density at radius 2 is 1.62 bits per heavy atom. The van der Waals surface area contributed by atoms with Crippen molar-refractivity contribution >= 4 is 45.7 Å². The lowest BCUT2D eigenvalue weighted by Gasteiger charge is -1.99. The summed E-state index contributed by atoms with van der Waals surface area (Å²) < 4.78 is 0. The van der Waals surface area contributed by atoms with Gasteiger partial charge in [0.05, 0.1) is 0 Å². The predicted molar refractivity (Wildman–Crippen MR) is 52.4 cm³/mol. The standard InChI is InChI=1S/C7H2Cl3N3/c8-4-2-1-3-5(11-4)7(10)13-12-6(3)9/h1-2H. The summed E-state index contributed by atoms with van der Waals surface area (Å²) in [6.45, 7) is 0. The lowest BCUT2D eigenvalue weighted by Crippen LogP contribution is -1.89. The van der Waals surface area contributed by atoms with Crippen LogP contribution >= 0.6 is 34.8 Å². The molecule has 0 aliphatic rings. The van der Waals surface area contributed by atoms with Crippen molar-refractivity contribution in [3.63, 3.8) is 0 Å². The molecule has 0 unspecified atom stereocenters. The number of aromatic nitrogens is 3. The van der Waals surface area contributed by atoms with Crippen molar-refractivity contribution in [3.05, 3.63) is 27.6 Å². The van der Waals surface area contributed by atoms with Gasteiger partial charge in [-0.05, 0) is 12.1 Å². The number of hydrogen-bond donors (Lipinski definition) is 0. The molecule has 0 saturated carbocycles. The number of fused-ring (bicyclic) bond motifs is 1. The van der Waals surface area contributed by atoms with Gasteiger partial charge >= 0.3 is 0 Å². The maximum Gasteiger partial charge on any atom is 0.178 e. The van der Waals surface area contributed by atoms with Crippen molar-refractivity contribution in [2.24, 2.45) is 0 Å². The molecule has 0 amide bonds. The van der Waals surface area contributed by atoms with Crippen LogP contribution in [-0.2, 0) is 0 Å². The molecular formula is C7H2Cl3N3. The van der Waals surface area contributed by atoms with E-state index in [4.69, 9.17) is 34.8 Å². The zero-order valence-corrected chi connectivity index (χ0v) is 8.40. The average Bonchev–Trinajstić information content (AvgIpc) is 2.12. The van der Waals surface area contributed by atoms with Crippen molar-refractivity contribution in [1.82, 2.24) is 15.2 Å². The fourth-order valence-electron chi connectivity index (χ4n) is 0.948. The van der Waals surface area contributed by atoms with E-state index in [-0.39, 0.29) is 10.3 Å². The van der Waals surface area contributed by atoms with Gasteiger partial charge in [-0.25, -0.2) is 4.98 Å². The highest BCUT2D eigenvalue weighted by atomic mass is 35.5. The minimum Gasteiger partial charge on any atom is -0.233 e. The van der Waals surface area contributed by atoms with E-state index in [0.29, 0.717) is 16.1 Å². The summed E-state index contributed by atoms with van der Waals surface area (Å²) in [5, 5.41) is 8.70. The maximum absolute atomic E-state index is 5.77. The van der Waals surface area contributed by atoms with Crippen LogP contribution in [-0.4, -0.2) is 15.2 Å². The largest absolute Gasteiger partial charge is 0.233 e. The highest BCUT2D eigenvalue weighted by molar-refractivity contribution is 6.38. The van der Waals surface area contributed by atoms with E-state index in [9.17, 15) is 0 Å². The molecule has 3 nitrogen and oxygen atoms in total. The van der Waals surface area contributed by atoms with E-state index >= 15 is 0 Å². The van der Waals surface area contributed by atoms with E-state index in [1.165, 1.54) is 0 Å². The fourth-order valence-corrected chi connectivity index (χ4v) is 1.47. The van der Waals surface area contributed by atoms with Crippen molar-refractivity contribution in [2.45, 2.75) is 0 Å². The van der Waals surface area contributed by atoms with Crippen LogP contribution in [0.3, 0.4) is 0 Å². The van der Waals surface area contributed by atoms with Crippen LogP contribution in [0.5, 0.6) is 0 Å². The Labute approximate surface area is 88.7 Å². The average molecular weight is 234 g/mol. The predicted octanol–water partition coefficient (Wildman–Crippen LogP) is 2.98. The van der Waals surface area contributed by atoms with Gasteiger partial charge in [-0.15, -0.1) is 10.2 Å². The number of rotatable bonds is 0. The molecule has 0 spiro atoms. The summed E-state index contributed by atoms with van der Waals surface area (Å²) in [4.78, 5) is 3.98. The minimum atomic E-state index is 0.196. The van der Waals surface area contributed by atoms with E-state index < -0.39 is 0 Å². The third-order valence-electron chi connectivity index (χ3n) is 1.50. The first-order valence-electron chi connectivity index (χ1n) is 3.32. The molecule has 66 valence electrons. The summed E-state index contributed by atoms with van der Waals surface area (Å²) in [6, 6.07) is 3.32. The maximum atomic E-state index is 5.77. The third-order valence-corrected chi connectivity index (χ3v) is 2.25. The SMILES string of the molecule is Clc1ccc2c(Cl)nnc(Cl)c2n1. The minimum absolute atomic E-state index is 0.196. The molecule has 0 saturated heterocycles. The number of hydrogen-bond acceptors (Lipinski definition) is 3. The molecule has 0 radical (unpaired) electrons. The molecule has 0 aliphatic heterocycles. The zero-order valence-electron chi connectivity index (χ0n) is 6.13. The van der Waals surface area contributed by atoms with Crippen LogP contribution in [0.2, 0.25) is 15.5 Å². The van der Waals surface area contributed by atoms with Gasteiger partial charge in [0.25, 0.3) is 0 Å². The Morgan fingerprint density at radius 3 is 2.38 bits per heavy atom. The molecule has 6 heteroatoms. The summed E-state index contributed by atoms with van der Waals surface area (Å²) in [6.07, 6.45) is 0. The van der Waals surface area contributed by atoms with Crippen molar-refractivity contribution in [1.29, 1.82) is 0 Å². The van der Waals surface area contributed by atoms with E-state index in [0.717, 1.165) is 0 Å². The summed E-state index contributed by atoms with van der Waals surface area (Å²) in [5.74, 6) is 0. The monoisotopic (exact) mass is 233 g/mol. The molecule has 2 rings (SSSR count). The van der Waals surface area contributed by atoms with Gasteiger partial charge in [-0.3, -0.25) is 0 Å². The Bertz CT molecular complexity index is 472. The van der Waals surface area contributed by atoms with Crippen LogP contribution < -0.4 is 0 Å². The van der Waals surface area contributed by atoms with Crippen LogP contribution in [0.1, 0.15) is 0 Å². The van der Waals surface area contributed by atoms with Gasteiger partial charge in [-0.2, -0.15) is 0 Å². The quantitative estimate of drug-likeness (QED) is 0.658. The fraction of sp³-hybridized carbons (Fsp3) is 0. The van der Waals surface area contributed by atoms with Gasteiger partial charge in [0.2, 0.25) is 0 Å². The van der Waals surface area contributed by atoms with Crippen LogP contribution in [0.25, 0.3) is 10.9 Å². The highest BCUT2D eigenvalue weighted by Gasteiger charge is 2.07. The normalized spacial score (nSPS) is 10.7. The van der Waals surface area contributed by atoms with E-state index in [1.807, 2.05) is 0 Å². The molecule has 2 aromatic heterocycles. The molecule has 0 atom stereocenters. The van der Waals surface area contributed by atoms with Crippen molar-refractivity contribution in [2.75, 3.05) is 0 Å². The van der Waals surface area contributed by atoms with Gasteiger partial charge in [-0.1, -0.05) is 34.8 Å². The van der Waals surface area contributed by atoms with Gasteiger partial charge < -0.3 is 0 Å². The Hall–Kier alpha value is -0.640. The smallest absolute Gasteiger partial charge is 0.178 e. The molecule has 2 aromatic rings. The number of nitrogens with zero attached hydrogens (tertiary/aromatic N) is 3. The summed E-state index contributed by atoms with van der Waals surface area (Å²) in [7, 11) is 0. The van der Waals surface area contributed by atoms with Crippen molar-refractivity contribution < 1.29 is 0 Å². The topological polar surface area (TPSA) is 38.7 Å². The van der Waals surface area contributed by atoms with E-state index in [2.05, 4.69) is 15.2 Å². The molecule has 2 heterocycles. The second-order valence-electron chi connectivity index (χ2n) is 2.31. The van der Waals surface area contributed by atoms with Gasteiger partial charge in [0, 0.05) is 5.39 Å². The summed E-state index contributed by atoms with van der Waals surface area (Å²) >= 11 is 17.2. The van der Waals surface area contributed by atoms with Crippen LogP contribution in [0, 0.1) is 0 Å². The van der Waals surface area contributed by atoms with Crippen molar-refractivity contribution in [3.8, 4) is 0 Å². The Kier molecular flexibility index (Phi) is 2.24. The number of halogens is 3. The van der Waals surface area contributed by atoms with Gasteiger partial charge in [0.15, 0.2) is 10.3 Å². The molecular weight excluding hydrogens is 232 g/mol. The highest BCUT2D eigenvalue weighted by Crippen LogP contribution is 2.25. The lowest BCUT2D eigenvalue weighted by atomic mass is 10.3. The third kappa shape index (κ3) is 1.55. The molecule has 0 bridgehead atoms. The first-order chi connectivity index (χ1) is 6.18. The van der Waals surface area contributed by atoms with Gasteiger partial charge in [0.1, 0.15) is 10.7 Å². The van der Waals surface area contributed by atoms with E-state index in [1.54, 1.807) is 12.1 Å².